The van der Waals surface area contributed by atoms with E-state index < -0.39 is 0 Å². The van der Waals surface area contributed by atoms with Crippen LogP contribution in [0.1, 0.15) is 16.7 Å². The summed E-state index contributed by atoms with van der Waals surface area (Å²) in [6, 6.07) is 72.5. The Hall–Kier alpha value is -7.34. The summed E-state index contributed by atoms with van der Waals surface area (Å²) in [6.45, 7) is 2.15. The lowest BCUT2D eigenvalue weighted by Crippen LogP contribution is -2.14. The number of nitrogens with two attached hydrogens (primary N) is 1. The molecule has 11 rings (SSSR count). The zero-order valence-electron chi connectivity index (χ0n) is 32.5. The third-order valence-electron chi connectivity index (χ3n) is 11.1. The summed E-state index contributed by atoms with van der Waals surface area (Å²) in [5.41, 5.74) is 19.5. The third kappa shape index (κ3) is 6.52. The lowest BCUT2D eigenvalue weighted by molar-refractivity contribution is 1.17. The van der Waals surface area contributed by atoms with Crippen LogP contribution in [-0.2, 0) is 0 Å². The fourth-order valence-electron chi connectivity index (χ4n) is 8.30. The molecule has 0 amide bonds. The molecule has 3 N–H and O–H groups in total. The summed E-state index contributed by atoms with van der Waals surface area (Å²) < 4.78 is 2.43. The van der Waals surface area contributed by atoms with Gasteiger partial charge in [0, 0.05) is 48.8 Å². The molecule has 0 bridgehead atoms. The number of nitrogen functional groups attached to an aromatic ring is 1. The van der Waals surface area contributed by atoms with E-state index in [1.165, 1.54) is 81.8 Å². The molecular formula is C54H40N4S. The van der Waals surface area contributed by atoms with Crippen molar-refractivity contribution in [3.63, 3.8) is 0 Å². The quantitative estimate of drug-likeness (QED) is 0.135. The van der Waals surface area contributed by atoms with E-state index in [1.54, 1.807) is 0 Å². The summed E-state index contributed by atoms with van der Waals surface area (Å²) in [4.78, 5) is 4.94. The minimum Gasteiger partial charge on any atom is -0.398 e. The summed E-state index contributed by atoms with van der Waals surface area (Å²) in [5.74, 6) is 0. The molecule has 0 saturated heterocycles. The van der Waals surface area contributed by atoms with Gasteiger partial charge in [-0.15, -0.1) is 0 Å². The van der Waals surface area contributed by atoms with Crippen LogP contribution in [0.5, 0.6) is 0 Å². The standard InChI is InChI=1S/C41H28N2S.C13H12N2/c1-27-18-22-31(23-19-27)43-35-16-9-14-33(41(35)40-32-13-6-5-10-28(32)20-24-36(40)43)29-21-25-39-37(26-29)42(30-11-3-2-4-12-30)34-15-7-8-17-38(34)44-39;14-12-9-5-4-8-11(12)13(15)10-6-2-1-3-7-10/h2-26H,1H3;1-9,15H,14H2. The molecule has 282 valence electrons. The third-order valence-corrected chi connectivity index (χ3v) is 12.2. The normalized spacial score (nSPS) is 11.8. The SMILES string of the molecule is Cc1ccc(-n2c3cccc(-c4ccc5c(c4)N(c4ccccc4)c4ccccc4S5)c3c3c4ccccc4ccc32)cc1.N=C(c1ccccc1)c1ccccc1N. The van der Waals surface area contributed by atoms with Gasteiger partial charge in [0.05, 0.1) is 28.1 Å². The fraction of sp³-hybridized carbons (Fsp3) is 0.0185. The van der Waals surface area contributed by atoms with Crippen LogP contribution < -0.4 is 10.6 Å². The first-order valence-electron chi connectivity index (χ1n) is 19.8. The molecule has 0 unspecified atom stereocenters. The summed E-state index contributed by atoms with van der Waals surface area (Å²) in [7, 11) is 0. The van der Waals surface area contributed by atoms with Crippen LogP contribution >= 0.6 is 11.8 Å². The van der Waals surface area contributed by atoms with E-state index in [-0.39, 0.29) is 0 Å². The number of aryl methyl sites for hydroxylation is 1. The van der Waals surface area contributed by atoms with E-state index >= 15 is 0 Å². The minimum atomic E-state index is 0.466. The van der Waals surface area contributed by atoms with E-state index in [1.807, 2.05) is 66.4 Å². The monoisotopic (exact) mass is 776 g/mol. The van der Waals surface area contributed by atoms with Crippen molar-refractivity contribution in [2.24, 2.45) is 0 Å². The van der Waals surface area contributed by atoms with Gasteiger partial charge in [0.1, 0.15) is 0 Å². The van der Waals surface area contributed by atoms with Crippen LogP contribution in [0.4, 0.5) is 22.7 Å². The highest BCUT2D eigenvalue weighted by Crippen LogP contribution is 2.53. The Kier molecular flexibility index (Phi) is 9.28. The summed E-state index contributed by atoms with van der Waals surface area (Å²) >= 11 is 1.85. The van der Waals surface area contributed by atoms with Gasteiger partial charge in [0.2, 0.25) is 0 Å². The molecular weight excluding hydrogens is 737 g/mol. The second-order valence-corrected chi connectivity index (χ2v) is 15.9. The van der Waals surface area contributed by atoms with Crippen LogP contribution in [-0.4, -0.2) is 10.3 Å². The van der Waals surface area contributed by atoms with Gasteiger partial charge in [0.15, 0.2) is 0 Å². The van der Waals surface area contributed by atoms with Gasteiger partial charge in [-0.25, -0.2) is 0 Å². The molecule has 5 heteroatoms. The Morgan fingerprint density at radius 1 is 0.525 bits per heavy atom. The number of anilines is 4. The van der Waals surface area contributed by atoms with Crippen molar-refractivity contribution in [1.82, 2.24) is 4.57 Å². The van der Waals surface area contributed by atoms with Crippen molar-refractivity contribution >= 4 is 72.8 Å². The molecule has 0 fully saturated rings. The van der Waals surface area contributed by atoms with E-state index in [4.69, 9.17) is 11.1 Å². The maximum atomic E-state index is 8.03. The number of hydrogen-bond acceptors (Lipinski definition) is 4. The van der Waals surface area contributed by atoms with E-state index in [0.29, 0.717) is 11.4 Å². The highest BCUT2D eigenvalue weighted by Gasteiger charge is 2.26. The van der Waals surface area contributed by atoms with Crippen molar-refractivity contribution in [2.75, 3.05) is 10.6 Å². The molecule has 1 aromatic heterocycles. The molecule has 9 aromatic carbocycles. The molecule has 10 aromatic rings. The molecule has 0 radical (unpaired) electrons. The zero-order chi connectivity index (χ0) is 39.9. The second kappa shape index (κ2) is 15.2. The molecule has 0 atom stereocenters. The minimum absolute atomic E-state index is 0.466. The number of benzene rings is 9. The number of para-hydroxylation sites is 3. The van der Waals surface area contributed by atoms with Gasteiger partial charge in [-0.05, 0) is 95.6 Å². The molecule has 1 aliphatic rings. The lowest BCUT2D eigenvalue weighted by Gasteiger charge is -2.33. The maximum absolute atomic E-state index is 8.03. The Bertz CT molecular complexity index is 3170. The number of aromatic nitrogens is 1. The molecule has 0 saturated carbocycles. The molecule has 2 heterocycles. The number of fused-ring (bicyclic) bond motifs is 7. The number of nitrogens with one attached hydrogen (secondary N) is 1. The first-order chi connectivity index (χ1) is 29.0. The first-order valence-corrected chi connectivity index (χ1v) is 20.6. The van der Waals surface area contributed by atoms with Crippen LogP contribution in [0.2, 0.25) is 0 Å². The van der Waals surface area contributed by atoms with Gasteiger partial charge < -0.3 is 15.2 Å². The van der Waals surface area contributed by atoms with Gasteiger partial charge in [-0.3, -0.25) is 5.41 Å². The van der Waals surface area contributed by atoms with Crippen LogP contribution in [0.25, 0.3) is 49.4 Å². The maximum Gasteiger partial charge on any atom is 0.0705 e. The van der Waals surface area contributed by atoms with Crippen LogP contribution in [0.15, 0.2) is 216 Å². The van der Waals surface area contributed by atoms with Crippen molar-refractivity contribution in [3.05, 3.63) is 223 Å². The summed E-state index contributed by atoms with van der Waals surface area (Å²) in [5, 5.41) is 13.2. The van der Waals surface area contributed by atoms with E-state index in [2.05, 4.69) is 168 Å². The molecule has 0 aliphatic carbocycles. The van der Waals surface area contributed by atoms with E-state index in [9.17, 15) is 0 Å². The van der Waals surface area contributed by atoms with Crippen molar-refractivity contribution in [2.45, 2.75) is 16.7 Å². The Balaban J connectivity index is 0.000000237. The first kappa shape index (κ1) is 36.0. The van der Waals surface area contributed by atoms with Crippen LogP contribution in [0.3, 0.4) is 0 Å². The Morgan fingerprint density at radius 2 is 1.20 bits per heavy atom. The largest absolute Gasteiger partial charge is 0.398 e. The Labute approximate surface area is 348 Å². The van der Waals surface area contributed by atoms with Gasteiger partial charge in [-0.1, -0.05) is 157 Å². The number of rotatable bonds is 5. The summed E-state index contributed by atoms with van der Waals surface area (Å²) in [6.07, 6.45) is 0. The van der Waals surface area contributed by atoms with Gasteiger partial charge in [-0.2, -0.15) is 0 Å². The predicted octanol–water partition coefficient (Wildman–Crippen LogP) is 14.5. The zero-order valence-corrected chi connectivity index (χ0v) is 33.3. The second-order valence-electron chi connectivity index (χ2n) is 14.8. The van der Waals surface area contributed by atoms with Crippen molar-refractivity contribution < 1.29 is 0 Å². The highest BCUT2D eigenvalue weighted by molar-refractivity contribution is 7.99. The van der Waals surface area contributed by atoms with Gasteiger partial charge >= 0.3 is 0 Å². The molecule has 0 spiro atoms. The number of nitrogens with zero attached hydrogens (tertiary/aromatic N) is 2. The molecule has 1 aliphatic heterocycles. The van der Waals surface area contributed by atoms with Crippen LogP contribution in [0, 0.1) is 12.3 Å². The van der Waals surface area contributed by atoms with Crippen molar-refractivity contribution in [3.8, 4) is 16.8 Å². The molecule has 59 heavy (non-hydrogen) atoms. The van der Waals surface area contributed by atoms with Crippen molar-refractivity contribution in [1.29, 1.82) is 5.41 Å². The number of hydrogen-bond donors (Lipinski definition) is 2. The lowest BCUT2D eigenvalue weighted by atomic mass is 9.96. The van der Waals surface area contributed by atoms with E-state index in [0.717, 1.165) is 11.1 Å². The highest BCUT2D eigenvalue weighted by atomic mass is 32.2. The topological polar surface area (TPSA) is 58.0 Å². The molecule has 4 nitrogen and oxygen atoms in total. The average Bonchev–Trinajstić information content (AvgIpc) is 3.64. The Morgan fingerprint density at radius 3 is 2.02 bits per heavy atom. The van der Waals surface area contributed by atoms with Gasteiger partial charge in [0.25, 0.3) is 0 Å². The average molecular weight is 777 g/mol. The fourth-order valence-corrected chi connectivity index (χ4v) is 9.34. The smallest absolute Gasteiger partial charge is 0.0705 e. The predicted molar refractivity (Wildman–Crippen MR) is 250 cm³/mol.